The molecule has 0 bridgehead atoms. The topological polar surface area (TPSA) is 47.6 Å². The van der Waals surface area contributed by atoms with Gasteiger partial charge >= 0.3 is 0 Å². The monoisotopic (exact) mass is 250 g/mol. The smallest absolute Gasteiger partial charge is 0.125 e. The molecule has 3 heteroatoms. The minimum Gasteiger partial charge on any atom is -0.494 e. The number of nitrogens with zero attached hydrogens (tertiary/aromatic N) is 1. The summed E-state index contributed by atoms with van der Waals surface area (Å²) in [5.41, 5.74) is 6.80. The Bertz CT molecular complexity index is 342. The van der Waals surface area contributed by atoms with Crippen LogP contribution in [0.15, 0.2) is 29.3 Å². The van der Waals surface area contributed by atoms with Crippen molar-refractivity contribution in [2.24, 2.45) is 10.7 Å². The van der Waals surface area contributed by atoms with E-state index in [1.807, 2.05) is 52.0 Å². The van der Waals surface area contributed by atoms with Gasteiger partial charge in [-0.1, -0.05) is 20.8 Å². The molecular formula is C15H26N2O. The Kier molecular flexibility index (Phi) is 8.71. The van der Waals surface area contributed by atoms with E-state index < -0.39 is 0 Å². The lowest BCUT2D eigenvalue weighted by molar-refractivity contribution is 0.317. The number of hydrogen-bond acceptors (Lipinski definition) is 2. The van der Waals surface area contributed by atoms with Gasteiger partial charge in [0.2, 0.25) is 0 Å². The maximum Gasteiger partial charge on any atom is 0.125 e. The van der Waals surface area contributed by atoms with Crippen molar-refractivity contribution < 1.29 is 4.74 Å². The molecule has 2 N–H and O–H groups in total. The van der Waals surface area contributed by atoms with E-state index in [1.54, 1.807) is 0 Å². The zero-order chi connectivity index (χ0) is 14.0. The summed E-state index contributed by atoms with van der Waals surface area (Å²) < 4.78 is 5.49. The Morgan fingerprint density at radius 3 is 2.22 bits per heavy atom. The number of amidine groups is 1. The molecular weight excluding hydrogens is 224 g/mol. The molecule has 0 spiro atoms. The van der Waals surface area contributed by atoms with Crippen LogP contribution >= 0.6 is 0 Å². The second kappa shape index (κ2) is 9.51. The molecule has 1 aromatic carbocycles. The van der Waals surface area contributed by atoms with Gasteiger partial charge in [-0.05, 0) is 44.5 Å². The summed E-state index contributed by atoms with van der Waals surface area (Å²) in [6.07, 6.45) is 1.01. The quantitative estimate of drug-likeness (QED) is 0.641. The average Bonchev–Trinajstić information content (AvgIpc) is 2.38. The normalized spacial score (nSPS) is 10.9. The molecule has 0 atom stereocenters. The summed E-state index contributed by atoms with van der Waals surface area (Å²) >= 11 is 0. The summed E-state index contributed by atoms with van der Waals surface area (Å²) in [5.74, 6) is 1.46. The lowest BCUT2D eigenvalue weighted by Gasteiger charge is -2.06. The third-order valence-corrected chi connectivity index (χ3v) is 2.02. The van der Waals surface area contributed by atoms with Crippen molar-refractivity contribution in [1.82, 2.24) is 0 Å². The highest BCUT2D eigenvalue weighted by molar-refractivity contribution is 5.97. The van der Waals surface area contributed by atoms with Gasteiger partial charge in [0.25, 0.3) is 0 Å². The van der Waals surface area contributed by atoms with Gasteiger partial charge in [-0.3, -0.25) is 4.99 Å². The van der Waals surface area contributed by atoms with E-state index in [2.05, 4.69) is 11.9 Å². The molecule has 0 saturated carbocycles. The Balaban J connectivity index is 0.00000137. The number of nitrogens with two attached hydrogens (primary N) is 1. The molecule has 0 aliphatic rings. The maximum atomic E-state index is 5.86. The van der Waals surface area contributed by atoms with E-state index in [-0.39, 0.29) is 6.04 Å². The van der Waals surface area contributed by atoms with Crippen molar-refractivity contribution in [2.45, 2.75) is 47.1 Å². The molecule has 0 heterocycles. The largest absolute Gasteiger partial charge is 0.494 e. The third kappa shape index (κ3) is 6.28. The second-order valence-corrected chi connectivity index (χ2v) is 3.98. The summed E-state index contributed by atoms with van der Waals surface area (Å²) in [4.78, 5) is 4.29. The molecule has 18 heavy (non-hydrogen) atoms. The number of hydrogen-bond donors (Lipinski definition) is 1. The molecule has 0 aliphatic heterocycles. The molecule has 0 saturated heterocycles. The molecule has 0 radical (unpaired) electrons. The Hall–Kier alpha value is -1.51. The van der Waals surface area contributed by atoms with E-state index >= 15 is 0 Å². The first-order valence-electron chi connectivity index (χ1n) is 6.70. The predicted octanol–water partition coefficient (Wildman–Crippen LogP) is 3.62. The minimum absolute atomic E-state index is 0.219. The van der Waals surface area contributed by atoms with Gasteiger partial charge < -0.3 is 10.5 Å². The fourth-order valence-corrected chi connectivity index (χ4v) is 1.29. The first-order chi connectivity index (χ1) is 8.63. The lowest BCUT2D eigenvalue weighted by atomic mass is 10.2. The second-order valence-electron chi connectivity index (χ2n) is 3.98. The molecule has 0 fully saturated rings. The van der Waals surface area contributed by atoms with E-state index in [0.717, 1.165) is 24.3 Å². The molecule has 0 unspecified atom stereocenters. The zero-order valence-corrected chi connectivity index (χ0v) is 12.2. The summed E-state index contributed by atoms with van der Waals surface area (Å²) in [7, 11) is 0. The van der Waals surface area contributed by atoms with Crippen LogP contribution in [0.1, 0.15) is 46.6 Å². The first kappa shape index (κ1) is 16.5. The van der Waals surface area contributed by atoms with E-state index in [9.17, 15) is 0 Å². The van der Waals surface area contributed by atoms with Crippen LogP contribution in [0, 0.1) is 0 Å². The fourth-order valence-electron chi connectivity index (χ4n) is 1.29. The van der Waals surface area contributed by atoms with Crippen LogP contribution in [0.5, 0.6) is 5.75 Å². The van der Waals surface area contributed by atoms with Crippen LogP contribution in [0.3, 0.4) is 0 Å². The van der Waals surface area contributed by atoms with Crippen molar-refractivity contribution in [2.75, 3.05) is 6.61 Å². The van der Waals surface area contributed by atoms with Crippen LogP contribution in [0.25, 0.3) is 0 Å². The summed E-state index contributed by atoms with van der Waals surface area (Å²) in [6.45, 7) is 10.8. The van der Waals surface area contributed by atoms with Crippen molar-refractivity contribution in [3.63, 3.8) is 0 Å². The average molecular weight is 250 g/mol. The third-order valence-electron chi connectivity index (χ3n) is 2.02. The van der Waals surface area contributed by atoms with Crippen molar-refractivity contribution in [3.05, 3.63) is 29.8 Å². The van der Waals surface area contributed by atoms with Gasteiger partial charge in [0, 0.05) is 11.6 Å². The minimum atomic E-state index is 0.219. The first-order valence-corrected chi connectivity index (χ1v) is 6.70. The van der Waals surface area contributed by atoms with Crippen molar-refractivity contribution in [3.8, 4) is 5.75 Å². The maximum absolute atomic E-state index is 5.86. The van der Waals surface area contributed by atoms with Gasteiger partial charge in [0.1, 0.15) is 11.6 Å². The fraction of sp³-hybridized carbons (Fsp3) is 0.533. The highest BCUT2D eigenvalue weighted by Gasteiger charge is 2.00. The van der Waals surface area contributed by atoms with Crippen LogP contribution in [-0.4, -0.2) is 18.5 Å². The van der Waals surface area contributed by atoms with Crippen LogP contribution < -0.4 is 10.5 Å². The Labute approximate surface area is 111 Å². The van der Waals surface area contributed by atoms with Gasteiger partial charge in [-0.25, -0.2) is 0 Å². The van der Waals surface area contributed by atoms with Gasteiger partial charge in [0.05, 0.1) is 6.61 Å². The Morgan fingerprint density at radius 2 is 1.78 bits per heavy atom. The van der Waals surface area contributed by atoms with Crippen LogP contribution in [-0.2, 0) is 0 Å². The van der Waals surface area contributed by atoms with E-state index in [1.165, 1.54) is 0 Å². The number of ether oxygens (including phenoxy) is 1. The number of benzene rings is 1. The van der Waals surface area contributed by atoms with Crippen LogP contribution in [0.4, 0.5) is 0 Å². The number of rotatable bonds is 5. The summed E-state index contributed by atoms with van der Waals surface area (Å²) in [5, 5.41) is 0. The van der Waals surface area contributed by atoms with Crippen molar-refractivity contribution in [1.29, 1.82) is 0 Å². The number of aliphatic imine (C=N–C) groups is 1. The van der Waals surface area contributed by atoms with Gasteiger partial charge in [-0.15, -0.1) is 0 Å². The standard InChI is InChI=1S/C13H20N2O.C2H6/c1-4-9-16-12-7-5-11(6-8-12)13(14)15-10(2)3;1-2/h5-8,10H,4,9H2,1-3H3,(H2,14,15);1-2H3. The van der Waals surface area contributed by atoms with E-state index in [4.69, 9.17) is 10.5 Å². The van der Waals surface area contributed by atoms with Gasteiger partial charge in [-0.2, -0.15) is 0 Å². The zero-order valence-electron chi connectivity index (χ0n) is 12.2. The van der Waals surface area contributed by atoms with Gasteiger partial charge in [0.15, 0.2) is 0 Å². The molecule has 1 aromatic rings. The van der Waals surface area contributed by atoms with E-state index in [0.29, 0.717) is 5.84 Å². The van der Waals surface area contributed by atoms with Crippen LogP contribution in [0.2, 0.25) is 0 Å². The highest BCUT2D eigenvalue weighted by Crippen LogP contribution is 2.12. The SMILES string of the molecule is CC.CCCOc1ccc(C(N)=NC(C)C)cc1. The molecule has 102 valence electrons. The molecule has 3 nitrogen and oxygen atoms in total. The van der Waals surface area contributed by atoms with Crippen molar-refractivity contribution >= 4 is 5.84 Å². The lowest BCUT2D eigenvalue weighted by Crippen LogP contribution is -2.15. The molecule has 0 aliphatic carbocycles. The summed E-state index contributed by atoms with van der Waals surface area (Å²) in [6, 6.07) is 7.94. The highest BCUT2D eigenvalue weighted by atomic mass is 16.5. The Morgan fingerprint density at radius 1 is 1.22 bits per heavy atom. The predicted molar refractivity (Wildman–Crippen MR) is 79.4 cm³/mol. The molecule has 0 amide bonds. The molecule has 1 rings (SSSR count). The molecule has 0 aromatic heterocycles.